The van der Waals surface area contributed by atoms with E-state index in [0.717, 1.165) is 23.0 Å². The molecule has 7 nitrogen and oxygen atoms in total. The number of alkyl halides is 3. The number of aromatic nitrogens is 5. The summed E-state index contributed by atoms with van der Waals surface area (Å²) >= 11 is 0. The SMILES string of the molecule is Cc1ccc(C(C)n2cc(-c3ccc4c(C(F)(F)F)[nH]nc4c3)c3c(N4CCC(N)CC4)c(-c4cc(F)cc(F)c4)cnc32)nc1. The van der Waals surface area contributed by atoms with Crippen LogP contribution in [0.15, 0.2) is 67.1 Å². The van der Waals surface area contributed by atoms with Crippen molar-refractivity contribution >= 4 is 27.6 Å². The van der Waals surface area contributed by atoms with Crippen molar-refractivity contribution < 1.29 is 22.0 Å². The summed E-state index contributed by atoms with van der Waals surface area (Å²) in [5, 5.41) is 6.76. The van der Waals surface area contributed by atoms with Crippen LogP contribution in [0.1, 0.15) is 42.8 Å². The maximum Gasteiger partial charge on any atom is 0.433 e. The number of aromatic amines is 1. The number of benzene rings is 2. The second-order valence-corrected chi connectivity index (χ2v) is 11.9. The highest BCUT2D eigenvalue weighted by molar-refractivity contribution is 6.08. The summed E-state index contributed by atoms with van der Waals surface area (Å²) in [4.78, 5) is 11.7. The number of nitrogens with zero attached hydrogens (tertiary/aromatic N) is 5. The Bertz CT molecular complexity index is 2050. The molecule has 1 fully saturated rings. The van der Waals surface area contributed by atoms with Gasteiger partial charge in [0, 0.05) is 60.3 Å². The van der Waals surface area contributed by atoms with Gasteiger partial charge in [0.05, 0.1) is 28.3 Å². The van der Waals surface area contributed by atoms with E-state index in [4.69, 9.17) is 10.7 Å². The van der Waals surface area contributed by atoms with E-state index < -0.39 is 23.5 Å². The summed E-state index contributed by atoms with van der Waals surface area (Å²) in [6, 6.07) is 11.7. The normalized spacial score (nSPS) is 15.3. The number of pyridine rings is 2. The summed E-state index contributed by atoms with van der Waals surface area (Å²) in [6.07, 6.45) is 2.15. The third-order valence-electron chi connectivity index (χ3n) is 8.77. The number of anilines is 1. The Balaban J connectivity index is 1.53. The molecule has 7 rings (SSSR count). The summed E-state index contributed by atoms with van der Waals surface area (Å²) in [5.41, 5.74) is 10.8. The molecule has 2 aromatic carbocycles. The van der Waals surface area contributed by atoms with E-state index in [9.17, 15) is 22.0 Å². The van der Waals surface area contributed by atoms with Crippen LogP contribution >= 0.6 is 0 Å². The predicted molar refractivity (Wildman–Crippen MR) is 167 cm³/mol. The third-order valence-corrected chi connectivity index (χ3v) is 8.77. The topological polar surface area (TPSA) is 88.7 Å². The molecule has 1 atom stereocenters. The van der Waals surface area contributed by atoms with Gasteiger partial charge in [-0.05, 0) is 73.7 Å². The molecule has 5 heterocycles. The first-order valence-corrected chi connectivity index (χ1v) is 15.0. The number of nitrogens with one attached hydrogen (secondary N) is 1. The van der Waals surface area contributed by atoms with Crippen LogP contribution in [0.25, 0.3) is 44.2 Å². The molecule has 6 aromatic rings. The minimum absolute atomic E-state index is 0.0187. The van der Waals surface area contributed by atoms with Gasteiger partial charge < -0.3 is 15.2 Å². The smallest absolute Gasteiger partial charge is 0.370 e. The van der Waals surface area contributed by atoms with E-state index in [1.807, 2.05) is 36.7 Å². The van der Waals surface area contributed by atoms with Gasteiger partial charge in [0.15, 0.2) is 0 Å². The van der Waals surface area contributed by atoms with Crippen LogP contribution in [0.5, 0.6) is 0 Å². The van der Waals surface area contributed by atoms with Crippen molar-refractivity contribution in [1.82, 2.24) is 24.7 Å². The molecule has 0 aliphatic carbocycles. The van der Waals surface area contributed by atoms with E-state index in [-0.39, 0.29) is 23.0 Å². The maximum atomic E-state index is 14.6. The summed E-state index contributed by atoms with van der Waals surface area (Å²) in [5.74, 6) is -1.44. The van der Waals surface area contributed by atoms with Crippen LogP contribution in [-0.4, -0.2) is 43.9 Å². The Hall–Kier alpha value is -4.84. The fraction of sp³-hybridized carbons (Fsp3) is 0.265. The number of aryl methyl sites for hydroxylation is 1. The molecule has 1 aliphatic heterocycles. The highest BCUT2D eigenvalue weighted by Gasteiger charge is 2.35. The number of H-pyrrole nitrogens is 1. The Morgan fingerprint density at radius 2 is 1.65 bits per heavy atom. The monoisotopic (exact) mass is 631 g/mol. The minimum Gasteiger partial charge on any atom is -0.370 e. The first-order valence-electron chi connectivity index (χ1n) is 15.0. The molecule has 3 N–H and O–H groups in total. The summed E-state index contributed by atoms with van der Waals surface area (Å²) < 4.78 is 72.1. The zero-order valence-corrected chi connectivity index (χ0v) is 25.0. The Labute approximate surface area is 260 Å². The second-order valence-electron chi connectivity index (χ2n) is 11.9. The fourth-order valence-electron chi connectivity index (χ4n) is 6.35. The Morgan fingerprint density at radius 1 is 0.913 bits per heavy atom. The molecule has 4 aromatic heterocycles. The van der Waals surface area contributed by atoms with Gasteiger partial charge in [-0.15, -0.1) is 0 Å². The molecule has 1 saturated heterocycles. The van der Waals surface area contributed by atoms with E-state index in [2.05, 4.69) is 20.1 Å². The van der Waals surface area contributed by atoms with Crippen molar-refractivity contribution in [2.24, 2.45) is 5.73 Å². The van der Waals surface area contributed by atoms with Gasteiger partial charge in [-0.2, -0.15) is 18.3 Å². The lowest BCUT2D eigenvalue weighted by atomic mass is 9.96. The Kier molecular flexibility index (Phi) is 7.27. The quantitative estimate of drug-likeness (QED) is 0.190. The lowest BCUT2D eigenvalue weighted by Gasteiger charge is -2.34. The molecule has 0 spiro atoms. The van der Waals surface area contributed by atoms with Crippen LogP contribution < -0.4 is 10.6 Å². The van der Waals surface area contributed by atoms with Gasteiger partial charge in [-0.25, -0.2) is 13.8 Å². The first kappa shape index (κ1) is 29.8. The van der Waals surface area contributed by atoms with Crippen LogP contribution in [0.2, 0.25) is 0 Å². The van der Waals surface area contributed by atoms with Crippen LogP contribution in [0, 0.1) is 18.6 Å². The highest BCUT2D eigenvalue weighted by Crippen LogP contribution is 2.45. The van der Waals surface area contributed by atoms with Gasteiger partial charge in [0.1, 0.15) is 23.0 Å². The molecule has 12 heteroatoms. The van der Waals surface area contributed by atoms with Crippen molar-refractivity contribution in [1.29, 1.82) is 0 Å². The van der Waals surface area contributed by atoms with Crippen molar-refractivity contribution in [2.45, 2.75) is 44.9 Å². The maximum absolute atomic E-state index is 14.6. The lowest BCUT2D eigenvalue weighted by molar-refractivity contribution is -0.139. The van der Waals surface area contributed by atoms with Gasteiger partial charge >= 0.3 is 6.18 Å². The molecule has 0 radical (unpaired) electrons. The van der Waals surface area contributed by atoms with Crippen LogP contribution in [0.3, 0.4) is 0 Å². The number of nitrogens with two attached hydrogens (primary N) is 1. The minimum atomic E-state index is -4.59. The van der Waals surface area contributed by atoms with E-state index in [0.29, 0.717) is 59.2 Å². The van der Waals surface area contributed by atoms with Crippen molar-refractivity contribution in [3.8, 4) is 22.3 Å². The zero-order valence-electron chi connectivity index (χ0n) is 25.0. The molecule has 46 heavy (non-hydrogen) atoms. The lowest BCUT2D eigenvalue weighted by Crippen LogP contribution is -2.40. The molecule has 1 unspecified atom stereocenters. The van der Waals surface area contributed by atoms with Crippen molar-refractivity contribution in [3.63, 3.8) is 0 Å². The zero-order chi connectivity index (χ0) is 32.3. The number of halogens is 5. The van der Waals surface area contributed by atoms with Gasteiger partial charge in [-0.3, -0.25) is 10.1 Å². The Morgan fingerprint density at radius 3 is 2.33 bits per heavy atom. The molecular formula is C34H30F5N7. The van der Waals surface area contributed by atoms with Gasteiger partial charge in [0.2, 0.25) is 0 Å². The standard InChI is InChI=1S/C34H30F5N7/c1-18-3-6-28(41-15-18)19(2)46-17-27(20-4-5-25-29(13-20)43-44-32(25)34(37,38)39)30-31(45-9-7-24(40)8-10-45)26(16-42-33(30)46)21-11-22(35)14-23(36)12-21/h3-6,11-17,19,24H,7-10,40H2,1-2H3,(H,43,44). The predicted octanol–water partition coefficient (Wildman–Crippen LogP) is 7.78. The van der Waals surface area contributed by atoms with Crippen LogP contribution in [0.4, 0.5) is 27.6 Å². The molecule has 0 bridgehead atoms. The number of hydrogen-bond donors (Lipinski definition) is 2. The number of fused-ring (bicyclic) bond motifs is 2. The fourth-order valence-corrected chi connectivity index (χ4v) is 6.35. The van der Waals surface area contributed by atoms with Gasteiger partial charge in [0.25, 0.3) is 0 Å². The molecule has 0 saturated carbocycles. The average molecular weight is 632 g/mol. The van der Waals surface area contributed by atoms with E-state index >= 15 is 0 Å². The van der Waals surface area contributed by atoms with E-state index in [1.165, 1.54) is 18.2 Å². The second kappa shape index (κ2) is 11.2. The third kappa shape index (κ3) is 5.26. The average Bonchev–Trinajstić information content (AvgIpc) is 3.63. The van der Waals surface area contributed by atoms with Crippen LogP contribution in [-0.2, 0) is 6.18 Å². The van der Waals surface area contributed by atoms with Crippen molar-refractivity contribution in [3.05, 3.63) is 95.7 Å². The molecule has 1 aliphatic rings. The first-order chi connectivity index (χ1) is 22.0. The van der Waals surface area contributed by atoms with Crippen molar-refractivity contribution in [2.75, 3.05) is 18.0 Å². The number of hydrogen-bond acceptors (Lipinski definition) is 5. The highest BCUT2D eigenvalue weighted by atomic mass is 19.4. The number of piperidine rings is 1. The summed E-state index contributed by atoms with van der Waals surface area (Å²) in [7, 11) is 0. The summed E-state index contributed by atoms with van der Waals surface area (Å²) in [6.45, 7) is 5.13. The van der Waals surface area contributed by atoms with E-state index in [1.54, 1.807) is 24.5 Å². The number of rotatable bonds is 5. The molecule has 0 amide bonds. The van der Waals surface area contributed by atoms with Gasteiger partial charge in [-0.1, -0.05) is 12.1 Å². The largest absolute Gasteiger partial charge is 0.433 e. The molecule has 236 valence electrons. The molecular weight excluding hydrogens is 601 g/mol.